The molecule has 0 aromatic heterocycles. The molecule has 0 saturated heterocycles. The van der Waals surface area contributed by atoms with Gasteiger partial charge in [0.25, 0.3) is 5.91 Å². The van der Waals surface area contributed by atoms with Crippen LogP contribution in [0.2, 0.25) is 0 Å². The first-order valence-electron chi connectivity index (χ1n) is 5.05. The predicted octanol–water partition coefficient (Wildman–Crippen LogP) is 3.61. The zero-order valence-corrected chi connectivity index (χ0v) is 11.0. The van der Waals surface area contributed by atoms with E-state index in [1.165, 1.54) is 6.92 Å². The molecule has 0 unspecified atom stereocenters. The van der Waals surface area contributed by atoms with Gasteiger partial charge < -0.3 is 4.90 Å². The van der Waals surface area contributed by atoms with Gasteiger partial charge in [-0.15, -0.1) is 0 Å². The topological polar surface area (TPSA) is 20.3 Å². The maximum absolute atomic E-state index is 12.8. The Balaban J connectivity index is 2.97. The molecule has 2 nitrogen and oxygen atoms in total. The van der Waals surface area contributed by atoms with E-state index < -0.39 is 24.4 Å². The molecule has 0 aliphatic carbocycles. The number of halogens is 5. The van der Waals surface area contributed by atoms with Crippen molar-refractivity contribution >= 4 is 21.8 Å². The number of benzene rings is 1. The zero-order valence-electron chi connectivity index (χ0n) is 9.39. The monoisotopic (exact) mass is 327 g/mol. The average Bonchev–Trinajstić information content (AvgIpc) is 2.24. The second kappa shape index (κ2) is 5.69. The Morgan fingerprint density at radius 1 is 1.39 bits per heavy atom. The lowest BCUT2D eigenvalue weighted by Gasteiger charge is -2.22. The normalized spacial score (nSPS) is 11.4. The van der Waals surface area contributed by atoms with Crippen LogP contribution < -0.4 is 0 Å². The standard InChI is InChI=1S/C11H10BrF4NO/c1-2-17(6-11(14,15)16)10(18)8-4-3-7(13)5-9(8)12/h3-5H,2,6H2,1H3. The number of nitrogens with zero attached hydrogens (tertiary/aromatic N) is 1. The summed E-state index contributed by atoms with van der Waals surface area (Å²) in [5.74, 6) is -1.36. The van der Waals surface area contributed by atoms with Gasteiger partial charge in [-0.2, -0.15) is 13.2 Å². The lowest BCUT2D eigenvalue weighted by atomic mass is 10.2. The molecule has 0 spiro atoms. The van der Waals surface area contributed by atoms with Gasteiger partial charge in [-0.05, 0) is 41.1 Å². The van der Waals surface area contributed by atoms with E-state index in [2.05, 4.69) is 15.9 Å². The van der Waals surface area contributed by atoms with E-state index in [-0.39, 0.29) is 16.6 Å². The third kappa shape index (κ3) is 3.97. The third-order valence-electron chi connectivity index (χ3n) is 2.20. The zero-order chi connectivity index (χ0) is 13.9. The minimum Gasteiger partial charge on any atom is -0.330 e. The van der Waals surface area contributed by atoms with Crippen molar-refractivity contribution in [2.45, 2.75) is 13.1 Å². The van der Waals surface area contributed by atoms with Gasteiger partial charge >= 0.3 is 6.18 Å². The van der Waals surface area contributed by atoms with Gasteiger partial charge in [-0.3, -0.25) is 4.79 Å². The Morgan fingerprint density at radius 2 is 2.00 bits per heavy atom. The van der Waals surface area contributed by atoms with Crippen molar-refractivity contribution in [3.63, 3.8) is 0 Å². The summed E-state index contributed by atoms with van der Waals surface area (Å²) in [7, 11) is 0. The van der Waals surface area contributed by atoms with Crippen LogP contribution in [0.5, 0.6) is 0 Å². The van der Waals surface area contributed by atoms with Gasteiger partial charge in [0.1, 0.15) is 12.4 Å². The Kier molecular flexibility index (Phi) is 4.72. The largest absolute Gasteiger partial charge is 0.406 e. The molecular formula is C11H10BrF4NO. The van der Waals surface area contributed by atoms with Crippen LogP contribution in [0.1, 0.15) is 17.3 Å². The molecule has 0 aliphatic rings. The van der Waals surface area contributed by atoms with E-state index in [0.717, 1.165) is 18.2 Å². The van der Waals surface area contributed by atoms with E-state index in [9.17, 15) is 22.4 Å². The van der Waals surface area contributed by atoms with E-state index in [1.807, 2.05) is 0 Å². The molecule has 100 valence electrons. The second-order valence-electron chi connectivity index (χ2n) is 3.56. The highest BCUT2D eigenvalue weighted by molar-refractivity contribution is 9.10. The van der Waals surface area contributed by atoms with Gasteiger partial charge in [-0.25, -0.2) is 4.39 Å². The highest BCUT2D eigenvalue weighted by atomic mass is 79.9. The van der Waals surface area contributed by atoms with Crippen LogP contribution in [0.4, 0.5) is 17.6 Å². The summed E-state index contributed by atoms with van der Waals surface area (Å²) >= 11 is 2.96. The molecular weight excluding hydrogens is 318 g/mol. The van der Waals surface area contributed by atoms with Gasteiger partial charge in [0, 0.05) is 11.0 Å². The number of carbonyl (C=O) groups excluding carboxylic acids is 1. The van der Waals surface area contributed by atoms with Crippen molar-refractivity contribution in [3.8, 4) is 0 Å². The first-order valence-corrected chi connectivity index (χ1v) is 5.85. The molecule has 0 aliphatic heterocycles. The summed E-state index contributed by atoms with van der Waals surface area (Å²) in [6, 6.07) is 3.22. The fourth-order valence-electron chi connectivity index (χ4n) is 1.38. The Morgan fingerprint density at radius 3 is 2.44 bits per heavy atom. The average molecular weight is 328 g/mol. The number of carbonyl (C=O) groups is 1. The van der Waals surface area contributed by atoms with Gasteiger partial charge in [0.15, 0.2) is 0 Å². The first-order chi connectivity index (χ1) is 8.24. The van der Waals surface area contributed by atoms with E-state index in [0.29, 0.717) is 4.90 Å². The Labute approximate surface area is 110 Å². The van der Waals surface area contributed by atoms with Crippen LogP contribution in [-0.4, -0.2) is 30.1 Å². The highest BCUT2D eigenvalue weighted by Gasteiger charge is 2.33. The summed E-state index contributed by atoms with van der Waals surface area (Å²) in [5.41, 5.74) is 0.00231. The molecule has 0 radical (unpaired) electrons. The van der Waals surface area contributed by atoms with Gasteiger partial charge in [-0.1, -0.05) is 0 Å². The molecule has 0 saturated carbocycles. The number of hydrogen-bond donors (Lipinski definition) is 0. The lowest BCUT2D eigenvalue weighted by molar-refractivity contribution is -0.140. The summed E-state index contributed by atoms with van der Waals surface area (Å²) in [6.45, 7) is 0.0371. The molecule has 0 N–H and O–H groups in total. The number of amides is 1. The van der Waals surface area contributed by atoms with Crippen molar-refractivity contribution in [2.24, 2.45) is 0 Å². The fourth-order valence-corrected chi connectivity index (χ4v) is 1.90. The molecule has 0 atom stereocenters. The molecule has 7 heteroatoms. The van der Waals surface area contributed by atoms with Crippen molar-refractivity contribution in [1.82, 2.24) is 4.90 Å². The molecule has 1 aromatic carbocycles. The quantitative estimate of drug-likeness (QED) is 0.776. The Bertz CT molecular complexity index is 447. The SMILES string of the molecule is CCN(CC(F)(F)F)C(=O)c1ccc(F)cc1Br. The van der Waals surface area contributed by atoms with Crippen molar-refractivity contribution in [1.29, 1.82) is 0 Å². The lowest BCUT2D eigenvalue weighted by Crippen LogP contribution is -2.38. The smallest absolute Gasteiger partial charge is 0.330 e. The summed E-state index contributed by atoms with van der Waals surface area (Å²) in [6.07, 6.45) is -4.46. The second-order valence-corrected chi connectivity index (χ2v) is 4.41. The molecule has 0 bridgehead atoms. The number of alkyl halides is 3. The van der Waals surface area contributed by atoms with E-state index in [4.69, 9.17) is 0 Å². The fraction of sp³-hybridized carbons (Fsp3) is 0.364. The van der Waals surface area contributed by atoms with Gasteiger partial charge in [0.2, 0.25) is 0 Å². The van der Waals surface area contributed by atoms with E-state index in [1.54, 1.807) is 0 Å². The van der Waals surface area contributed by atoms with E-state index >= 15 is 0 Å². The van der Waals surface area contributed by atoms with Crippen LogP contribution >= 0.6 is 15.9 Å². The molecule has 1 aromatic rings. The van der Waals surface area contributed by atoms with Crippen LogP contribution in [0.3, 0.4) is 0 Å². The first kappa shape index (κ1) is 14.9. The summed E-state index contributed by atoms with van der Waals surface area (Å²) in [4.78, 5) is 12.5. The van der Waals surface area contributed by atoms with Crippen LogP contribution in [0.15, 0.2) is 22.7 Å². The highest BCUT2D eigenvalue weighted by Crippen LogP contribution is 2.22. The van der Waals surface area contributed by atoms with Crippen molar-refractivity contribution < 1.29 is 22.4 Å². The third-order valence-corrected chi connectivity index (χ3v) is 2.86. The minimum atomic E-state index is -4.46. The summed E-state index contributed by atoms with van der Waals surface area (Å²) < 4.78 is 49.8. The summed E-state index contributed by atoms with van der Waals surface area (Å²) in [5, 5.41) is 0. The molecule has 18 heavy (non-hydrogen) atoms. The molecule has 0 fully saturated rings. The van der Waals surface area contributed by atoms with Crippen LogP contribution in [0, 0.1) is 5.82 Å². The Hall–Kier alpha value is -1.11. The minimum absolute atomic E-state index is 0.00231. The van der Waals surface area contributed by atoms with Gasteiger partial charge in [0.05, 0.1) is 5.56 Å². The van der Waals surface area contributed by atoms with Crippen molar-refractivity contribution in [2.75, 3.05) is 13.1 Å². The molecule has 1 rings (SSSR count). The predicted molar refractivity (Wildman–Crippen MR) is 61.7 cm³/mol. The molecule has 0 heterocycles. The van der Waals surface area contributed by atoms with Crippen LogP contribution in [-0.2, 0) is 0 Å². The van der Waals surface area contributed by atoms with Crippen molar-refractivity contribution in [3.05, 3.63) is 34.1 Å². The molecule has 1 amide bonds. The van der Waals surface area contributed by atoms with Crippen LogP contribution in [0.25, 0.3) is 0 Å². The maximum atomic E-state index is 12.8. The number of rotatable bonds is 3. The number of hydrogen-bond acceptors (Lipinski definition) is 1. The maximum Gasteiger partial charge on any atom is 0.406 e.